The van der Waals surface area contributed by atoms with Gasteiger partial charge in [-0.3, -0.25) is 4.79 Å². The van der Waals surface area contributed by atoms with Gasteiger partial charge in [-0.2, -0.15) is 17.8 Å². The maximum atomic E-state index is 14.8. The second-order valence-electron chi connectivity index (χ2n) is 9.64. The average molecular weight is 550 g/mol. The molecule has 2 aromatic heterocycles. The number of carbonyl (C=O) groups is 1. The Morgan fingerprint density at radius 2 is 1.97 bits per heavy atom. The highest BCUT2D eigenvalue weighted by Gasteiger charge is 2.34. The van der Waals surface area contributed by atoms with Gasteiger partial charge in [-0.05, 0) is 29.8 Å². The Bertz CT molecular complexity index is 1440. The van der Waals surface area contributed by atoms with Crippen molar-refractivity contribution in [1.82, 2.24) is 18.6 Å². The lowest BCUT2D eigenvalue weighted by Gasteiger charge is -2.28. The molecule has 2 fully saturated rings. The number of benzene rings is 1. The second kappa shape index (κ2) is 10.5. The molecule has 4 heterocycles. The van der Waals surface area contributed by atoms with Gasteiger partial charge < -0.3 is 14.4 Å². The van der Waals surface area contributed by atoms with Crippen molar-refractivity contribution >= 4 is 27.3 Å². The number of aromatic nitrogens is 2. The van der Waals surface area contributed by atoms with Gasteiger partial charge in [0.1, 0.15) is 23.8 Å². The van der Waals surface area contributed by atoms with E-state index >= 15 is 0 Å². The van der Waals surface area contributed by atoms with Crippen LogP contribution in [0.2, 0.25) is 0 Å². The lowest BCUT2D eigenvalue weighted by Crippen LogP contribution is -2.39. The van der Waals surface area contributed by atoms with Crippen LogP contribution in [0.15, 0.2) is 42.7 Å². The maximum absolute atomic E-state index is 14.8. The van der Waals surface area contributed by atoms with Crippen molar-refractivity contribution in [2.75, 3.05) is 38.8 Å². The van der Waals surface area contributed by atoms with Crippen LogP contribution in [-0.2, 0) is 14.9 Å². The molecule has 1 aromatic carbocycles. The summed E-state index contributed by atoms with van der Waals surface area (Å²) in [5.74, 6) is -0.923. The summed E-state index contributed by atoms with van der Waals surface area (Å²) in [4.78, 5) is 14.5. The van der Waals surface area contributed by atoms with Crippen LogP contribution in [0, 0.1) is 5.82 Å². The monoisotopic (exact) mass is 549 g/mol. The summed E-state index contributed by atoms with van der Waals surface area (Å²) < 4.78 is 69.3. The number of hydrogen-bond donors (Lipinski definition) is 1. The molecule has 2 aliphatic heterocycles. The van der Waals surface area contributed by atoms with E-state index in [1.807, 2.05) is 9.62 Å². The number of halogens is 2. The molecule has 0 aliphatic carbocycles. The fourth-order valence-corrected chi connectivity index (χ4v) is 5.33. The summed E-state index contributed by atoms with van der Waals surface area (Å²) in [7, 11) is -1.40. The Hall–Kier alpha value is -3.29. The van der Waals surface area contributed by atoms with Crippen molar-refractivity contribution < 1.29 is 31.5 Å². The van der Waals surface area contributed by atoms with Crippen molar-refractivity contribution in [1.29, 1.82) is 0 Å². The molecule has 0 spiro atoms. The summed E-state index contributed by atoms with van der Waals surface area (Å²) in [6, 6.07) is 7.35. The third-order valence-corrected chi connectivity index (χ3v) is 8.19. The summed E-state index contributed by atoms with van der Waals surface area (Å²) in [6.45, 7) is 1.24. The number of carbonyl (C=O) groups excluding carboxylic acids is 1. The number of nitrogens with one attached hydrogen (secondary N) is 1. The highest BCUT2D eigenvalue weighted by atomic mass is 32.2. The van der Waals surface area contributed by atoms with Crippen molar-refractivity contribution in [2.45, 2.75) is 37.6 Å². The average Bonchev–Trinajstić information content (AvgIpc) is 3.47. The predicted octanol–water partition coefficient (Wildman–Crippen LogP) is 2.86. The summed E-state index contributed by atoms with van der Waals surface area (Å²) in [6.07, 6.45) is 3.23. The zero-order valence-electron chi connectivity index (χ0n) is 21.0. The normalized spacial score (nSPS) is 20.8. The number of amides is 1. The number of alkyl halides is 1. The van der Waals surface area contributed by atoms with E-state index in [1.165, 1.54) is 36.9 Å². The molecule has 0 radical (unpaired) electrons. The Balaban J connectivity index is 1.44. The molecular weight excluding hydrogens is 520 g/mol. The Labute approximate surface area is 219 Å². The molecule has 3 aromatic rings. The van der Waals surface area contributed by atoms with Gasteiger partial charge in [0.2, 0.25) is 0 Å². The first-order chi connectivity index (χ1) is 18.1. The van der Waals surface area contributed by atoms with Gasteiger partial charge in [0, 0.05) is 57.9 Å². The SMILES string of the molecule is CN(C)S(=O)(=O)NC(=O)c1cnn2ccc(N3C[C@@H](F)C[C@@H]3c3cc(F)cc(OC4CCOCC4)c3)cc12. The van der Waals surface area contributed by atoms with E-state index in [-0.39, 0.29) is 24.6 Å². The van der Waals surface area contributed by atoms with E-state index in [4.69, 9.17) is 9.47 Å². The van der Waals surface area contributed by atoms with Gasteiger partial charge in [-0.1, -0.05) is 0 Å². The zero-order valence-corrected chi connectivity index (χ0v) is 21.8. The first kappa shape index (κ1) is 26.3. The number of anilines is 1. The van der Waals surface area contributed by atoms with Gasteiger partial charge in [0.25, 0.3) is 5.91 Å². The topological polar surface area (TPSA) is 105 Å². The van der Waals surface area contributed by atoms with E-state index in [0.29, 0.717) is 48.6 Å². The molecule has 2 atom stereocenters. The fraction of sp³-hybridized carbons (Fsp3) is 0.440. The van der Waals surface area contributed by atoms with Crippen molar-refractivity contribution in [3.05, 3.63) is 59.7 Å². The summed E-state index contributed by atoms with van der Waals surface area (Å²) in [5.41, 5.74) is 1.56. The standard InChI is InChI=1S/C25H29F2N5O5S/c1-30(2)38(34,35)29-25(33)22-14-28-32-6-3-19(13-24(22)32)31-15-18(27)12-23(31)16-9-17(26)11-21(10-16)37-20-4-7-36-8-5-20/h3,6,9-11,13-14,18,20,23H,4-5,7-8,12,15H2,1-2H3,(H,29,33)/t18-,23+/m0/s1. The Morgan fingerprint density at radius 3 is 2.71 bits per heavy atom. The lowest BCUT2D eigenvalue weighted by molar-refractivity contribution is 0.0254. The van der Waals surface area contributed by atoms with Crippen LogP contribution in [-0.4, -0.2) is 74.4 Å². The van der Waals surface area contributed by atoms with Gasteiger partial charge >= 0.3 is 10.2 Å². The number of ether oxygens (including phenoxy) is 2. The molecule has 204 valence electrons. The lowest BCUT2D eigenvalue weighted by atomic mass is 10.0. The van der Waals surface area contributed by atoms with Crippen molar-refractivity contribution in [3.63, 3.8) is 0 Å². The van der Waals surface area contributed by atoms with Crippen LogP contribution in [0.5, 0.6) is 5.75 Å². The number of hydrogen-bond acceptors (Lipinski definition) is 7. The van der Waals surface area contributed by atoms with E-state index in [9.17, 15) is 22.0 Å². The maximum Gasteiger partial charge on any atom is 0.303 e. The van der Waals surface area contributed by atoms with Gasteiger partial charge in [-0.25, -0.2) is 18.0 Å². The van der Waals surface area contributed by atoms with Crippen LogP contribution in [0.1, 0.15) is 41.2 Å². The highest BCUT2D eigenvalue weighted by molar-refractivity contribution is 7.87. The minimum atomic E-state index is -4.01. The van der Waals surface area contributed by atoms with Crippen molar-refractivity contribution in [3.8, 4) is 5.75 Å². The van der Waals surface area contributed by atoms with Crippen LogP contribution in [0.4, 0.5) is 14.5 Å². The molecule has 0 unspecified atom stereocenters. The minimum Gasteiger partial charge on any atom is -0.490 e. The molecule has 1 N–H and O–H groups in total. The molecule has 1 amide bonds. The van der Waals surface area contributed by atoms with Crippen LogP contribution in [0.3, 0.4) is 0 Å². The second-order valence-corrected chi connectivity index (χ2v) is 11.5. The third-order valence-electron chi connectivity index (χ3n) is 6.78. The molecule has 0 bridgehead atoms. The predicted molar refractivity (Wildman–Crippen MR) is 136 cm³/mol. The van der Waals surface area contributed by atoms with Gasteiger partial charge in [0.05, 0.1) is 36.5 Å². The third kappa shape index (κ3) is 5.45. The zero-order chi connectivity index (χ0) is 27.0. The molecule has 0 saturated carbocycles. The molecule has 10 nitrogen and oxygen atoms in total. The molecule has 5 rings (SSSR count). The quantitative estimate of drug-likeness (QED) is 0.483. The molecule has 13 heteroatoms. The van der Waals surface area contributed by atoms with Gasteiger partial charge in [0.15, 0.2) is 0 Å². The van der Waals surface area contributed by atoms with Crippen LogP contribution < -0.4 is 14.4 Å². The van der Waals surface area contributed by atoms with Gasteiger partial charge in [-0.15, -0.1) is 0 Å². The number of fused-ring (bicyclic) bond motifs is 1. The van der Waals surface area contributed by atoms with E-state index in [0.717, 1.165) is 4.31 Å². The van der Waals surface area contributed by atoms with E-state index < -0.39 is 34.1 Å². The number of pyridine rings is 1. The highest BCUT2D eigenvalue weighted by Crippen LogP contribution is 2.39. The van der Waals surface area contributed by atoms with Crippen molar-refractivity contribution in [2.24, 2.45) is 0 Å². The first-order valence-corrected chi connectivity index (χ1v) is 13.7. The number of rotatable bonds is 7. The summed E-state index contributed by atoms with van der Waals surface area (Å²) >= 11 is 0. The minimum absolute atomic E-state index is 0.0442. The van der Waals surface area contributed by atoms with Crippen LogP contribution in [0.25, 0.3) is 5.52 Å². The van der Waals surface area contributed by atoms with E-state index in [2.05, 4.69) is 5.10 Å². The van der Waals surface area contributed by atoms with Crippen LogP contribution >= 0.6 is 0 Å². The first-order valence-electron chi connectivity index (χ1n) is 12.3. The van der Waals surface area contributed by atoms with E-state index in [1.54, 1.807) is 24.4 Å². The molecule has 38 heavy (non-hydrogen) atoms. The summed E-state index contributed by atoms with van der Waals surface area (Å²) in [5, 5.41) is 4.13. The molecular formula is C25H29F2N5O5S. The molecule has 2 aliphatic rings. The Kier molecular flexibility index (Phi) is 7.25. The fourth-order valence-electron chi connectivity index (χ4n) is 4.80. The number of nitrogens with zero attached hydrogens (tertiary/aromatic N) is 4. The smallest absolute Gasteiger partial charge is 0.303 e. The molecule has 2 saturated heterocycles. The Morgan fingerprint density at radius 1 is 1.21 bits per heavy atom. The largest absolute Gasteiger partial charge is 0.490 e.